The molecule has 0 radical (unpaired) electrons. The molecule has 2 N–H and O–H groups in total. The molecule has 0 aromatic rings. The standard InChI is InChI=1S/C8H17NO3S/c1-8(2,6-9)12-7-3-4-13(10,11)5-7/h7H,3-6,9H2,1-2H3. The average Bonchev–Trinajstić information content (AvgIpc) is 2.29. The van der Waals surface area contributed by atoms with E-state index in [2.05, 4.69) is 0 Å². The second kappa shape index (κ2) is 3.55. The van der Waals surface area contributed by atoms with Gasteiger partial charge < -0.3 is 10.5 Å². The van der Waals surface area contributed by atoms with Gasteiger partial charge in [-0.3, -0.25) is 0 Å². The second-order valence-electron chi connectivity index (χ2n) is 4.11. The molecule has 13 heavy (non-hydrogen) atoms. The Hall–Kier alpha value is -0.130. The van der Waals surface area contributed by atoms with Crippen molar-refractivity contribution in [1.82, 2.24) is 0 Å². The molecule has 1 rings (SSSR count). The van der Waals surface area contributed by atoms with Crippen LogP contribution in [0.2, 0.25) is 0 Å². The minimum Gasteiger partial charge on any atom is -0.370 e. The lowest BCUT2D eigenvalue weighted by atomic mass is 10.1. The summed E-state index contributed by atoms with van der Waals surface area (Å²) in [4.78, 5) is 0. The topological polar surface area (TPSA) is 69.4 Å². The largest absolute Gasteiger partial charge is 0.370 e. The summed E-state index contributed by atoms with van der Waals surface area (Å²) >= 11 is 0. The molecule has 78 valence electrons. The number of nitrogens with two attached hydrogens (primary N) is 1. The zero-order valence-corrected chi connectivity index (χ0v) is 8.93. The summed E-state index contributed by atoms with van der Waals surface area (Å²) in [6, 6.07) is 0. The average molecular weight is 207 g/mol. The van der Waals surface area contributed by atoms with E-state index in [0.29, 0.717) is 13.0 Å². The third kappa shape index (κ3) is 3.25. The van der Waals surface area contributed by atoms with Crippen LogP contribution in [0.1, 0.15) is 20.3 Å². The van der Waals surface area contributed by atoms with Crippen LogP contribution in [0.5, 0.6) is 0 Å². The lowest BCUT2D eigenvalue weighted by Crippen LogP contribution is -2.38. The van der Waals surface area contributed by atoms with Gasteiger partial charge in [0.15, 0.2) is 9.84 Å². The summed E-state index contributed by atoms with van der Waals surface area (Å²) < 4.78 is 27.8. The third-order valence-electron chi connectivity index (χ3n) is 2.17. The highest BCUT2D eigenvalue weighted by atomic mass is 32.2. The van der Waals surface area contributed by atoms with Gasteiger partial charge in [0, 0.05) is 6.54 Å². The quantitative estimate of drug-likeness (QED) is 0.703. The molecule has 0 saturated carbocycles. The van der Waals surface area contributed by atoms with Gasteiger partial charge in [-0.05, 0) is 20.3 Å². The molecule has 0 aromatic carbocycles. The van der Waals surface area contributed by atoms with Gasteiger partial charge in [0.25, 0.3) is 0 Å². The Morgan fingerprint density at radius 1 is 1.54 bits per heavy atom. The van der Waals surface area contributed by atoms with Crippen molar-refractivity contribution in [2.24, 2.45) is 5.73 Å². The fourth-order valence-electron chi connectivity index (χ4n) is 1.35. The van der Waals surface area contributed by atoms with Crippen LogP contribution in [0.4, 0.5) is 0 Å². The predicted octanol–water partition coefficient (Wildman–Crippen LogP) is -0.0726. The first-order valence-corrected chi connectivity index (χ1v) is 6.25. The molecule has 1 atom stereocenters. The number of ether oxygens (including phenoxy) is 1. The van der Waals surface area contributed by atoms with Crippen molar-refractivity contribution in [2.75, 3.05) is 18.1 Å². The van der Waals surface area contributed by atoms with E-state index in [1.807, 2.05) is 13.8 Å². The molecule has 0 spiro atoms. The Morgan fingerprint density at radius 2 is 2.15 bits per heavy atom. The zero-order valence-electron chi connectivity index (χ0n) is 8.12. The minimum atomic E-state index is -2.84. The lowest BCUT2D eigenvalue weighted by molar-refractivity contribution is -0.0535. The Morgan fingerprint density at radius 3 is 2.54 bits per heavy atom. The molecule has 1 heterocycles. The molecule has 4 nitrogen and oxygen atoms in total. The van der Waals surface area contributed by atoms with Crippen LogP contribution < -0.4 is 5.73 Å². The molecular weight excluding hydrogens is 190 g/mol. The fraction of sp³-hybridized carbons (Fsp3) is 1.00. The number of rotatable bonds is 3. The highest BCUT2D eigenvalue weighted by Crippen LogP contribution is 2.20. The van der Waals surface area contributed by atoms with E-state index in [0.717, 1.165) is 0 Å². The summed E-state index contributed by atoms with van der Waals surface area (Å²) in [6.45, 7) is 4.15. The van der Waals surface area contributed by atoms with Gasteiger partial charge in [-0.15, -0.1) is 0 Å². The minimum absolute atomic E-state index is 0.149. The van der Waals surface area contributed by atoms with Crippen LogP contribution in [0.15, 0.2) is 0 Å². The Kier molecular flexibility index (Phi) is 2.99. The predicted molar refractivity (Wildman–Crippen MR) is 51.3 cm³/mol. The summed E-state index contributed by atoms with van der Waals surface area (Å²) in [5.41, 5.74) is 5.07. The summed E-state index contributed by atoms with van der Waals surface area (Å²) in [7, 11) is -2.84. The van der Waals surface area contributed by atoms with Crippen molar-refractivity contribution < 1.29 is 13.2 Å². The van der Waals surface area contributed by atoms with Crippen molar-refractivity contribution in [2.45, 2.75) is 32.0 Å². The van der Waals surface area contributed by atoms with E-state index in [4.69, 9.17) is 10.5 Å². The van der Waals surface area contributed by atoms with Gasteiger partial charge in [-0.25, -0.2) is 8.42 Å². The van der Waals surface area contributed by atoms with Gasteiger partial charge in [0.2, 0.25) is 0 Å². The smallest absolute Gasteiger partial charge is 0.152 e. The van der Waals surface area contributed by atoms with Gasteiger partial charge in [-0.1, -0.05) is 0 Å². The summed E-state index contributed by atoms with van der Waals surface area (Å²) in [5, 5.41) is 0. The molecule has 0 bridgehead atoms. The van der Waals surface area contributed by atoms with E-state index in [1.165, 1.54) is 0 Å². The van der Waals surface area contributed by atoms with Crippen molar-refractivity contribution >= 4 is 9.84 Å². The van der Waals surface area contributed by atoms with Crippen molar-refractivity contribution in [3.8, 4) is 0 Å². The molecular formula is C8H17NO3S. The maximum atomic E-state index is 11.1. The van der Waals surface area contributed by atoms with Gasteiger partial charge in [0.05, 0.1) is 23.2 Å². The molecule has 1 aliphatic heterocycles. The van der Waals surface area contributed by atoms with E-state index < -0.39 is 15.4 Å². The number of hydrogen-bond acceptors (Lipinski definition) is 4. The molecule has 5 heteroatoms. The number of sulfone groups is 1. The maximum Gasteiger partial charge on any atom is 0.152 e. The monoisotopic (exact) mass is 207 g/mol. The van der Waals surface area contributed by atoms with Crippen LogP contribution in [0.3, 0.4) is 0 Å². The van der Waals surface area contributed by atoms with Crippen LogP contribution in [-0.4, -0.2) is 38.2 Å². The molecule has 1 aliphatic rings. The van der Waals surface area contributed by atoms with Crippen molar-refractivity contribution in [1.29, 1.82) is 0 Å². The van der Waals surface area contributed by atoms with Crippen molar-refractivity contribution in [3.63, 3.8) is 0 Å². The van der Waals surface area contributed by atoms with E-state index >= 15 is 0 Å². The Bertz CT molecular complexity index is 271. The van der Waals surface area contributed by atoms with Crippen molar-refractivity contribution in [3.05, 3.63) is 0 Å². The van der Waals surface area contributed by atoms with Crippen LogP contribution in [0.25, 0.3) is 0 Å². The van der Waals surface area contributed by atoms with Gasteiger partial charge >= 0.3 is 0 Å². The molecule has 1 unspecified atom stereocenters. The van der Waals surface area contributed by atoms with Crippen LogP contribution in [0, 0.1) is 0 Å². The maximum absolute atomic E-state index is 11.1. The summed E-state index contributed by atoms with van der Waals surface area (Å²) in [6.07, 6.45) is 0.440. The van der Waals surface area contributed by atoms with Gasteiger partial charge in [-0.2, -0.15) is 0 Å². The van der Waals surface area contributed by atoms with E-state index in [9.17, 15) is 8.42 Å². The highest BCUT2D eigenvalue weighted by Gasteiger charge is 2.32. The summed E-state index contributed by atoms with van der Waals surface area (Å²) in [5.74, 6) is 0.398. The Labute approximate surface area is 79.4 Å². The van der Waals surface area contributed by atoms with Gasteiger partial charge in [0.1, 0.15) is 0 Å². The molecule has 0 amide bonds. The van der Waals surface area contributed by atoms with E-state index in [1.54, 1.807) is 0 Å². The molecule has 1 saturated heterocycles. The van der Waals surface area contributed by atoms with E-state index in [-0.39, 0.29) is 17.6 Å². The SMILES string of the molecule is CC(C)(CN)OC1CCS(=O)(=O)C1. The first-order chi connectivity index (χ1) is 5.85. The van der Waals surface area contributed by atoms with Crippen LogP contribution in [-0.2, 0) is 14.6 Å². The highest BCUT2D eigenvalue weighted by molar-refractivity contribution is 7.91. The first-order valence-electron chi connectivity index (χ1n) is 4.43. The third-order valence-corrected chi connectivity index (χ3v) is 3.91. The van der Waals surface area contributed by atoms with Crippen LogP contribution >= 0.6 is 0 Å². The normalized spacial score (nSPS) is 27.8. The zero-order chi connectivity index (χ0) is 10.1. The number of hydrogen-bond donors (Lipinski definition) is 1. The molecule has 0 aromatic heterocycles. The Balaban J connectivity index is 2.50. The second-order valence-corrected chi connectivity index (χ2v) is 6.34. The fourth-order valence-corrected chi connectivity index (χ4v) is 2.94. The molecule has 0 aliphatic carbocycles. The first kappa shape index (κ1) is 10.9. The lowest BCUT2D eigenvalue weighted by Gasteiger charge is -2.26. The molecule has 1 fully saturated rings.